The van der Waals surface area contributed by atoms with Gasteiger partial charge in [-0.05, 0) is 24.1 Å². The van der Waals surface area contributed by atoms with Crippen molar-refractivity contribution < 1.29 is 19.8 Å². The van der Waals surface area contributed by atoms with Gasteiger partial charge in [-0.25, -0.2) is 9.59 Å². The average Bonchev–Trinajstić information content (AvgIpc) is 2.27. The Labute approximate surface area is 98.5 Å². The van der Waals surface area contributed by atoms with Crippen LogP contribution in [0.1, 0.15) is 18.1 Å². The van der Waals surface area contributed by atoms with Crippen LogP contribution in [0.25, 0.3) is 12.2 Å². The monoisotopic (exact) mass is 232 g/mol. The van der Waals surface area contributed by atoms with Crippen LogP contribution in [0.5, 0.6) is 0 Å². The molecule has 2 N–H and O–H groups in total. The van der Waals surface area contributed by atoms with E-state index >= 15 is 0 Å². The molecule has 0 fully saturated rings. The molecule has 1 aromatic rings. The summed E-state index contributed by atoms with van der Waals surface area (Å²) in [6.45, 7) is 1.89. The SMILES string of the molecule is CC=Cc1ccc(C=C(C(=O)O)C(=O)O)cc1. The van der Waals surface area contributed by atoms with Gasteiger partial charge in [0.25, 0.3) is 0 Å². The minimum atomic E-state index is -1.45. The maximum Gasteiger partial charge on any atom is 0.343 e. The van der Waals surface area contributed by atoms with E-state index in [1.165, 1.54) is 0 Å². The van der Waals surface area contributed by atoms with E-state index < -0.39 is 17.5 Å². The molecule has 88 valence electrons. The molecule has 0 aliphatic rings. The standard InChI is InChI=1S/C13H12O4/c1-2-3-9-4-6-10(7-5-9)8-11(12(14)15)13(16)17/h2-8H,1H3,(H,14,15)(H,16,17). The number of rotatable bonds is 4. The van der Waals surface area contributed by atoms with Gasteiger partial charge in [-0.1, -0.05) is 36.4 Å². The first kappa shape index (κ1) is 12.7. The molecule has 0 aliphatic carbocycles. The van der Waals surface area contributed by atoms with Gasteiger partial charge in [-0.3, -0.25) is 0 Å². The summed E-state index contributed by atoms with van der Waals surface area (Å²) in [5, 5.41) is 17.4. The van der Waals surface area contributed by atoms with E-state index in [2.05, 4.69) is 0 Å². The molecular formula is C13H12O4. The first-order valence-electron chi connectivity index (χ1n) is 4.95. The summed E-state index contributed by atoms with van der Waals surface area (Å²) < 4.78 is 0. The predicted octanol–water partition coefficient (Wildman–Crippen LogP) is 2.27. The highest BCUT2D eigenvalue weighted by Crippen LogP contribution is 2.10. The molecule has 0 atom stereocenters. The Balaban J connectivity index is 3.04. The van der Waals surface area contributed by atoms with Crippen LogP contribution >= 0.6 is 0 Å². The summed E-state index contributed by atoms with van der Waals surface area (Å²) >= 11 is 0. The highest BCUT2D eigenvalue weighted by molar-refractivity contribution is 6.16. The number of carboxylic acids is 2. The summed E-state index contributed by atoms with van der Waals surface area (Å²) in [5.74, 6) is -2.90. The molecule has 0 unspecified atom stereocenters. The summed E-state index contributed by atoms with van der Waals surface area (Å²) in [5.41, 5.74) is 0.860. The van der Waals surface area contributed by atoms with Crippen LogP contribution in [-0.4, -0.2) is 22.2 Å². The average molecular weight is 232 g/mol. The molecule has 1 aromatic carbocycles. The maximum atomic E-state index is 10.7. The molecule has 0 saturated heterocycles. The summed E-state index contributed by atoms with van der Waals surface area (Å²) in [6, 6.07) is 6.91. The van der Waals surface area contributed by atoms with Gasteiger partial charge >= 0.3 is 11.9 Å². The lowest BCUT2D eigenvalue weighted by Gasteiger charge is -1.98. The predicted molar refractivity (Wildman–Crippen MR) is 64.4 cm³/mol. The Kier molecular flexibility index (Phi) is 4.22. The van der Waals surface area contributed by atoms with Gasteiger partial charge in [0.05, 0.1) is 0 Å². The molecule has 0 aromatic heterocycles. The van der Waals surface area contributed by atoms with Crippen molar-refractivity contribution in [1.82, 2.24) is 0 Å². The Morgan fingerprint density at radius 2 is 1.47 bits per heavy atom. The van der Waals surface area contributed by atoms with Crippen LogP contribution in [-0.2, 0) is 9.59 Å². The van der Waals surface area contributed by atoms with Gasteiger partial charge in [-0.2, -0.15) is 0 Å². The molecule has 0 amide bonds. The van der Waals surface area contributed by atoms with Crippen LogP contribution in [0.2, 0.25) is 0 Å². The molecule has 0 radical (unpaired) electrons. The van der Waals surface area contributed by atoms with Crippen molar-refractivity contribution in [2.75, 3.05) is 0 Å². The third kappa shape index (κ3) is 3.61. The van der Waals surface area contributed by atoms with Gasteiger partial charge in [-0.15, -0.1) is 0 Å². The lowest BCUT2D eigenvalue weighted by Crippen LogP contribution is -2.10. The minimum Gasteiger partial charge on any atom is -0.477 e. The lowest BCUT2D eigenvalue weighted by molar-refractivity contribution is -0.139. The van der Waals surface area contributed by atoms with E-state index in [0.717, 1.165) is 11.6 Å². The Bertz CT molecular complexity index is 465. The lowest BCUT2D eigenvalue weighted by atomic mass is 10.1. The van der Waals surface area contributed by atoms with E-state index in [1.807, 2.05) is 19.1 Å². The molecular weight excluding hydrogens is 220 g/mol. The molecule has 4 heteroatoms. The number of allylic oxidation sites excluding steroid dienone is 1. The smallest absolute Gasteiger partial charge is 0.343 e. The fourth-order valence-electron chi connectivity index (χ4n) is 1.28. The molecule has 0 spiro atoms. The molecule has 0 aliphatic heterocycles. The van der Waals surface area contributed by atoms with Crippen molar-refractivity contribution in [2.24, 2.45) is 0 Å². The fraction of sp³-hybridized carbons (Fsp3) is 0.0769. The number of hydrogen-bond donors (Lipinski definition) is 2. The zero-order chi connectivity index (χ0) is 12.8. The molecule has 0 saturated carbocycles. The number of hydrogen-bond acceptors (Lipinski definition) is 2. The Hall–Kier alpha value is -2.36. The van der Waals surface area contributed by atoms with Crippen LogP contribution in [0.15, 0.2) is 35.9 Å². The molecule has 1 rings (SSSR count). The zero-order valence-electron chi connectivity index (χ0n) is 9.25. The Morgan fingerprint density at radius 1 is 1.00 bits per heavy atom. The van der Waals surface area contributed by atoms with Gasteiger partial charge in [0.15, 0.2) is 0 Å². The second-order valence-electron chi connectivity index (χ2n) is 3.33. The molecule has 4 nitrogen and oxygen atoms in total. The third-order valence-corrected chi connectivity index (χ3v) is 2.07. The molecule has 17 heavy (non-hydrogen) atoms. The van der Waals surface area contributed by atoms with Crippen molar-refractivity contribution in [3.63, 3.8) is 0 Å². The second-order valence-corrected chi connectivity index (χ2v) is 3.33. The molecule has 0 bridgehead atoms. The first-order chi connectivity index (χ1) is 8.04. The largest absolute Gasteiger partial charge is 0.477 e. The summed E-state index contributed by atoms with van der Waals surface area (Å²) in [7, 11) is 0. The number of aliphatic carboxylic acids is 2. The molecule has 0 heterocycles. The maximum absolute atomic E-state index is 10.7. The van der Waals surface area contributed by atoms with Crippen molar-refractivity contribution in [2.45, 2.75) is 6.92 Å². The van der Waals surface area contributed by atoms with Crippen LogP contribution in [0.3, 0.4) is 0 Å². The van der Waals surface area contributed by atoms with Crippen LogP contribution in [0, 0.1) is 0 Å². The zero-order valence-corrected chi connectivity index (χ0v) is 9.25. The van der Waals surface area contributed by atoms with Crippen molar-refractivity contribution in [3.8, 4) is 0 Å². The van der Waals surface area contributed by atoms with Gasteiger partial charge in [0.2, 0.25) is 0 Å². The van der Waals surface area contributed by atoms with Crippen molar-refractivity contribution in [3.05, 3.63) is 47.0 Å². The van der Waals surface area contributed by atoms with E-state index in [0.29, 0.717) is 5.56 Å². The third-order valence-electron chi connectivity index (χ3n) is 2.07. The Morgan fingerprint density at radius 3 is 1.88 bits per heavy atom. The van der Waals surface area contributed by atoms with E-state index in [1.54, 1.807) is 24.3 Å². The number of benzene rings is 1. The fourth-order valence-corrected chi connectivity index (χ4v) is 1.28. The number of carboxylic acid groups (broad SMARTS) is 2. The quantitative estimate of drug-likeness (QED) is 0.474. The minimum absolute atomic E-state index is 0.540. The van der Waals surface area contributed by atoms with Gasteiger partial charge in [0, 0.05) is 0 Å². The van der Waals surface area contributed by atoms with E-state index in [-0.39, 0.29) is 0 Å². The van der Waals surface area contributed by atoms with Gasteiger partial charge < -0.3 is 10.2 Å². The summed E-state index contributed by atoms with van der Waals surface area (Å²) in [4.78, 5) is 21.3. The highest BCUT2D eigenvalue weighted by atomic mass is 16.4. The van der Waals surface area contributed by atoms with Crippen LogP contribution in [0.4, 0.5) is 0 Å². The number of carbonyl (C=O) groups is 2. The van der Waals surface area contributed by atoms with Crippen molar-refractivity contribution >= 4 is 24.1 Å². The van der Waals surface area contributed by atoms with Gasteiger partial charge in [0.1, 0.15) is 5.57 Å². The normalized spacial score (nSPS) is 10.2. The highest BCUT2D eigenvalue weighted by Gasteiger charge is 2.15. The van der Waals surface area contributed by atoms with E-state index in [4.69, 9.17) is 10.2 Å². The van der Waals surface area contributed by atoms with E-state index in [9.17, 15) is 9.59 Å². The topological polar surface area (TPSA) is 74.6 Å². The van der Waals surface area contributed by atoms with Crippen molar-refractivity contribution in [1.29, 1.82) is 0 Å². The van der Waals surface area contributed by atoms with Crippen LogP contribution < -0.4 is 0 Å². The first-order valence-corrected chi connectivity index (χ1v) is 4.95. The summed E-state index contributed by atoms with van der Waals surface area (Å²) in [6.07, 6.45) is 4.90. The second kappa shape index (κ2) is 5.65.